The molecule has 7 heteroatoms. The maximum atomic E-state index is 12.0. The van der Waals surface area contributed by atoms with Gasteiger partial charge in [-0.15, -0.1) is 0 Å². The third kappa shape index (κ3) is 4.52. The fourth-order valence-electron chi connectivity index (χ4n) is 3.39. The lowest BCUT2D eigenvalue weighted by atomic mass is 9.98. The first kappa shape index (κ1) is 20.3. The minimum absolute atomic E-state index is 0.0970. The molecule has 150 valence electrons. The monoisotopic (exact) mass is 395 g/mol. The van der Waals surface area contributed by atoms with Crippen LogP contribution in [0.1, 0.15) is 24.0 Å². The summed E-state index contributed by atoms with van der Waals surface area (Å²) in [6, 6.07) is 14.4. The molecular weight excluding hydrogens is 374 g/mol. The standard InChI is InChI=1S/C22H21NO6/c1-13(24)21(22(27)28)23-19(25)10-11-20(26)29-12-18-16-8-4-2-6-14(16)15-7-3-5-9-17(15)18/h2-11,13,18,21,24H,12H2,1H3,(H,23,25)(H,27,28)/t13-,21+/m1/s1. The van der Waals surface area contributed by atoms with Crippen LogP contribution < -0.4 is 5.32 Å². The number of aliphatic hydroxyl groups excluding tert-OH is 1. The summed E-state index contributed by atoms with van der Waals surface area (Å²) >= 11 is 0. The number of nitrogens with one attached hydrogen (secondary N) is 1. The van der Waals surface area contributed by atoms with E-state index in [4.69, 9.17) is 9.84 Å². The number of hydrogen-bond acceptors (Lipinski definition) is 5. The number of esters is 1. The van der Waals surface area contributed by atoms with E-state index in [2.05, 4.69) is 5.32 Å². The molecule has 2 atom stereocenters. The van der Waals surface area contributed by atoms with Crippen molar-refractivity contribution in [2.75, 3.05) is 6.61 Å². The second-order valence-corrected chi connectivity index (χ2v) is 6.76. The molecule has 2 aromatic carbocycles. The molecule has 0 heterocycles. The lowest BCUT2D eigenvalue weighted by molar-refractivity contribution is -0.144. The highest BCUT2D eigenvalue weighted by atomic mass is 16.5. The van der Waals surface area contributed by atoms with E-state index in [1.54, 1.807) is 0 Å². The van der Waals surface area contributed by atoms with Gasteiger partial charge < -0.3 is 20.3 Å². The first-order chi connectivity index (χ1) is 13.9. The molecule has 0 saturated heterocycles. The maximum Gasteiger partial charge on any atom is 0.330 e. The number of ether oxygens (including phenoxy) is 1. The zero-order valence-electron chi connectivity index (χ0n) is 15.7. The van der Waals surface area contributed by atoms with Crippen LogP contribution >= 0.6 is 0 Å². The summed E-state index contributed by atoms with van der Waals surface area (Å²) in [5.74, 6) is -3.00. The van der Waals surface area contributed by atoms with Crippen molar-refractivity contribution < 1.29 is 29.3 Å². The Morgan fingerprint density at radius 1 is 1.03 bits per heavy atom. The SMILES string of the molecule is C[C@@H](O)[C@H](NC(=O)C=CC(=O)OCC1c2ccccc2-c2ccccc21)C(=O)O. The number of amides is 1. The van der Waals surface area contributed by atoms with Crippen molar-refractivity contribution in [2.45, 2.75) is 25.0 Å². The molecule has 0 unspecified atom stereocenters. The van der Waals surface area contributed by atoms with Crippen molar-refractivity contribution in [2.24, 2.45) is 0 Å². The first-order valence-corrected chi connectivity index (χ1v) is 9.13. The van der Waals surface area contributed by atoms with E-state index >= 15 is 0 Å². The van der Waals surface area contributed by atoms with E-state index < -0.39 is 30.0 Å². The van der Waals surface area contributed by atoms with Gasteiger partial charge in [0, 0.05) is 18.1 Å². The zero-order chi connectivity index (χ0) is 21.0. The van der Waals surface area contributed by atoms with Gasteiger partial charge in [0.05, 0.1) is 6.10 Å². The minimum Gasteiger partial charge on any atom is -0.480 e. The van der Waals surface area contributed by atoms with Crippen LogP contribution in [0.2, 0.25) is 0 Å². The van der Waals surface area contributed by atoms with Crippen LogP contribution in [0.15, 0.2) is 60.7 Å². The highest BCUT2D eigenvalue weighted by Crippen LogP contribution is 2.44. The molecule has 0 spiro atoms. The molecule has 2 aromatic rings. The predicted molar refractivity (Wildman–Crippen MR) is 105 cm³/mol. The van der Waals surface area contributed by atoms with E-state index in [9.17, 15) is 19.5 Å². The highest BCUT2D eigenvalue weighted by molar-refractivity contribution is 5.96. The first-order valence-electron chi connectivity index (χ1n) is 9.13. The number of benzene rings is 2. The van der Waals surface area contributed by atoms with Crippen LogP contribution in [0, 0.1) is 0 Å². The van der Waals surface area contributed by atoms with Gasteiger partial charge in [-0.05, 0) is 29.2 Å². The number of fused-ring (bicyclic) bond motifs is 3. The van der Waals surface area contributed by atoms with Crippen molar-refractivity contribution >= 4 is 17.8 Å². The van der Waals surface area contributed by atoms with E-state index in [-0.39, 0.29) is 12.5 Å². The van der Waals surface area contributed by atoms with Crippen LogP contribution in [0.5, 0.6) is 0 Å². The van der Waals surface area contributed by atoms with Gasteiger partial charge in [-0.25, -0.2) is 9.59 Å². The Morgan fingerprint density at radius 2 is 1.59 bits per heavy atom. The number of rotatable bonds is 7. The van der Waals surface area contributed by atoms with Gasteiger partial charge in [-0.1, -0.05) is 48.5 Å². The molecule has 0 radical (unpaired) electrons. The van der Waals surface area contributed by atoms with Crippen LogP contribution in [0.3, 0.4) is 0 Å². The Morgan fingerprint density at radius 3 is 2.10 bits per heavy atom. The van der Waals surface area contributed by atoms with Crippen molar-refractivity contribution in [3.63, 3.8) is 0 Å². The molecular formula is C22H21NO6. The average Bonchev–Trinajstić information content (AvgIpc) is 3.02. The van der Waals surface area contributed by atoms with Gasteiger partial charge in [-0.2, -0.15) is 0 Å². The summed E-state index contributed by atoms with van der Waals surface area (Å²) in [6.07, 6.45) is 0.541. The number of carboxylic acid groups (broad SMARTS) is 1. The van der Waals surface area contributed by atoms with E-state index in [1.807, 2.05) is 48.5 Å². The Hall–Kier alpha value is -3.45. The Balaban J connectivity index is 1.62. The minimum atomic E-state index is -1.46. The van der Waals surface area contributed by atoms with Gasteiger partial charge in [-0.3, -0.25) is 4.79 Å². The largest absolute Gasteiger partial charge is 0.480 e. The molecule has 7 nitrogen and oxygen atoms in total. The molecule has 0 saturated carbocycles. The third-order valence-electron chi connectivity index (χ3n) is 4.77. The molecule has 0 aliphatic heterocycles. The second kappa shape index (κ2) is 8.70. The van der Waals surface area contributed by atoms with Crippen molar-refractivity contribution in [1.82, 2.24) is 5.32 Å². The van der Waals surface area contributed by atoms with Crippen LogP contribution in [0.25, 0.3) is 11.1 Å². The fraction of sp³-hybridized carbons (Fsp3) is 0.227. The summed E-state index contributed by atoms with van der Waals surface area (Å²) in [4.78, 5) is 34.8. The van der Waals surface area contributed by atoms with E-state index in [0.717, 1.165) is 34.4 Å². The van der Waals surface area contributed by atoms with Gasteiger partial charge >= 0.3 is 11.9 Å². The van der Waals surface area contributed by atoms with Gasteiger partial charge in [0.2, 0.25) is 5.91 Å². The van der Waals surface area contributed by atoms with Crippen LogP contribution in [-0.4, -0.2) is 46.8 Å². The number of carboxylic acids is 1. The molecule has 1 aliphatic carbocycles. The summed E-state index contributed by atoms with van der Waals surface area (Å²) in [5.41, 5.74) is 4.36. The number of carbonyl (C=O) groups excluding carboxylic acids is 2. The molecule has 0 bridgehead atoms. The van der Waals surface area contributed by atoms with E-state index in [0.29, 0.717) is 0 Å². The lowest BCUT2D eigenvalue weighted by Crippen LogP contribution is -2.47. The third-order valence-corrected chi connectivity index (χ3v) is 4.77. The Bertz CT molecular complexity index is 920. The maximum absolute atomic E-state index is 12.0. The second-order valence-electron chi connectivity index (χ2n) is 6.76. The molecule has 0 fully saturated rings. The molecule has 3 N–H and O–H groups in total. The van der Waals surface area contributed by atoms with Crippen molar-refractivity contribution in [3.8, 4) is 11.1 Å². The number of aliphatic hydroxyl groups is 1. The Labute approximate surface area is 167 Å². The molecule has 3 rings (SSSR count). The Kier molecular flexibility index (Phi) is 6.09. The number of carbonyl (C=O) groups is 3. The van der Waals surface area contributed by atoms with Crippen LogP contribution in [-0.2, 0) is 19.1 Å². The fourth-order valence-corrected chi connectivity index (χ4v) is 3.39. The summed E-state index contributed by atoms with van der Waals surface area (Å²) in [6.45, 7) is 1.36. The normalized spacial score (nSPS) is 14.7. The molecule has 1 aliphatic rings. The lowest BCUT2D eigenvalue weighted by Gasteiger charge is -2.15. The summed E-state index contributed by atoms with van der Waals surface area (Å²) in [5, 5.41) is 20.4. The molecule has 1 amide bonds. The predicted octanol–water partition coefficient (Wildman–Crippen LogP) is 1.85. The van der Waals surface area contributed by atoms with E-state index in [1.165, 1.54) is 6.92 Å². The number of aliphatic carboxylic acids is 1. The zero-order valence-corrected chi connectivity index (χ0v) is 15.7. The van der Waals surface area contributed by atoms with Gasteiger partial charge in [0.15, 0.2) is 6.04 Å². The average molecular weight is 395 g/mol. The number of hydrogen-bond donors (Lipinski definition) is 3. The molecule has 29 heavy (non-hydrogen) atoms. The van der Waals surface area contributed by atoms with Crippen molar-refractivity contribution in [3.05, 3.63) is 71.8 Å². The van der Waals surface area contributed by atoms with Gasteiger partial charge in [0.1, 0.15) is 6.61 Å². The quantitative estimate of drug-likeness (QED) is 0.487. The summed E-state index contributed by atoms with van der Waals surface area (Å²) in [7, 11) is 0. The highest BCUT2D eigenvalue weighted by Gasteiger charge is 2.29. The topological polar surface area (TPSA) is 113 Å². The summed E-state index contributed by atoms with van der Waals surface area (Å²) < 4.78 is 5.32. The smallest absolute Gasteiger partial charge is 0.330 e. The van der Waals surface area contributed by atoms with Crippen LogP contribution in [0.4, 0.5) is 0 Å². The van der Waals surface area contributed by atoms with Gasteiger partial charge in [0.25, 0.3) is 0 Å². The molecule has 0 aromatic heterocycles. The van der Waals surface area contributed by atoms with Crippen molar-refractivity contribution in [1.29, 1.82) is 0 Å².